The molecule has 2 nitrogen and oxygen atoms in total. The van der Waals surface area contributed by atoms with Crippen LogP contribution in [0, 0.1) is 11.3 Å². The van der Waals surface area contributed by atoms with Crippen LogP contribution in [0.3, 0.4) is 0 Å². The SMILES string of the molecule is CCC(C)(C)C(=O)N1C=CC=CC1C1CCCCC1. The highest BCUT2D eigenvalue weighted by Gasteiger charge is 2.36. The van der Waals surface area contributed by atoms with Crippen molar-refractivity contribution in [3.63, 3.8) is 0 Å². The van der Waals surface area contributed by atoms with Gasteiger partial charge >= 0.3 is 0 Å². The molecule has 0 bridgehead atoms. The molecule has 0 aromatic rings. The molecule has 106 valence electrons. The van der Waals surface area contributed by atoms with Crippen LogP contribution in [0.5, 0.6) is 0 Å². The third kappa shape index (κ3) is 3.10. The van der Waals surface area contributed by atoms with Gasteiger partial charge in [0, 0.05) is 11.6 Å². The molecule has 1 aliphatic carbocycles. The predicted octanol–water partition coefficient (Wildman–Crippen LogP) is 4.28. The molecule has 0 radical (unpaired) electrons. The summed E-state index contributed by atoms with van der Waals surface area (Å²) in [5.74, 6) is 0.915. The predicted molar refractivity (Wildman–Crippen MR) is 79.6 cm³/mol. The lowest BCUT2D eigenvalue weighted by atomic mass is 9.81. The number of nitrogens with zero attached hydrogens (tertiary/aromatic N) is 1. The van der Waals surface area contributed by atoms with E-state index in [1.165, 1.54) is 32.1 Å². The van der Waals surface area contributed by atoms with Crippen LogP contribution < -0.4 is 0 Å². The minimum atomic E-state index is -0.261. The summed E-state index contributed by atoms with van der Waals surface area (Å²) in [5.41, 5.74) is -0.261. The van der Waals surface area contributed by atoms with E-state index in [0.29, 0.717) is 5.92 Å². The van der Waals surface area contributed by atoms with Gasteiger partial charge in [0.15, 0.2) is 0 Å². The summed E-state index contributed by atoms with van der Waals surface area (Å²) in [5, 5.41) is 0. The van der Waals surface area contributed by atoms with Crippen molar-refractivity contribution < 1.29 is 4.79 Å². The van der Waals surface area contributed by atoms with Crippen LogP contribution >= 0.6 is 0 Å². The first-order valence-electron chi connectivity index (χ1n) is 7.74. The maximum atomic E-state index is 12.7. The highest BCUT2D eigenvalue weighted by molar-refractivity contribution is 5.83. The highest BCUT2D eigenvalue weighted by atomic mass is 16.2. The van der Waals surface area contributed by atoms with Crippen molar-refractivity contribution in [3.8, 4) is 0 Å². The highest BCUT2D eigenvalue weighted by Crippen LogP contribution is 2.34. The van der Waals surface area contributed by atoms with E-state index < -0.39 is 0 Å². The smallest absolute Gasteiger partial charge is 0.232 e. The van der Waals surface area contributed by atoms with Crippen molar-refractivity contribution in [1.29, 1.82) is 0 Å². The summed E-state index contributed by atoms with van der Waals surface area (Å²) in [4.78, 5) is 14.7. The van der Waals surface area contributed by atoms with Gasteiger partial charge in [0.2, 0.25) is 5.91 Å². The summed E-state index contributed by atoms with van der Waals surface area (Å²) in [6.45, 7) is 6.20. The number of carbonyl (C=O) groups excluding carboxylic acids is 1. The van der Waals surface area contributed by atoms with E-state index in [-0.39, 0.29) is 17.4 Å². The molecule has 0 aromatic heterocycles. The molecule has 0 N–H and O–H groups in total. The lowest BCUT2D eigenvalue weighted by Crippen LogP contribution is -2.46. The van der Waals surface area contributed by atoms with Gasteiger partial charge in [-0.15, -0.1) is 0 Å². The average Bonchev–Trinajstić information content (AvgIpc) is 2.47. The molecule has 2 rings (SSSR count). The maximum absolute atomic E-state index is 12.7. The number of rotatable bonds is 3. The minimum Gasteiger partial charge on any atom is -0.311 e. The van der Waals surface area contributed by atoms with Crippen molar-refractivity contribution >= 4 is 5.91 Å². The molecular formula is C17H27NO. The zero-order valence-electron chi connectivity index (χ0n) is 12.6. The van der Waals surface area contributed by atoms with Crippen molar-refractivity contribution in [3.05, 3.63) is 24.4 Å². The Kier molecular flexibility index (Phi) is 4.49. The Balaban J connectivity index is 2.15. The Morgan fingerprint density at radius 2 is 1.89 bits per heavy atom. The molecule has 0 aromatic carbocycles. The number of hydrogen-bond donors (Lipinski definition) is 0. The molecule has 1 amide bonds. The zero-order chi connectivity index (χ0) is 13.9. The van der Waals surface area contributed by atoms with Crippen LogP contribution in [0.2, 0.25) is 0 Å². The summed E-state index contributed by atoms with van der Waals surface area (Å²) in [7, 11) is 0. The molecule has 2 aliphatic rings. The first-order chi connectivity index (χ1) is 9.06. The Morgan fingerprint density at radius 1 is 1.21 bits per heavy atom. The van der Waals surface area contributed by atoms with Crippen molar-refractivity contribution in [1.82, 2.24) is 4.90 Å². The van der Waals surface area contributed by atoms with Crippen LogP contribution in [0.15, 0.2) is 24.4 Å². The van der Waals surface area contributed by atoms with Gasteiger partial charge < -0.3 is 4.90 Å². The van der Waals surface area contributed by atoms with Crippen molar-refractivity contribution in [2.24, 2.45) is 11.3 Å². The van der Waals surface area contributed by atoms with Crippen LogP contribution in [0.1, 0.15) is 59.3 Å². The van der Waals surface area contributed by atoms with Gasteiger partial charge in [-0.1, -0.05) is 52.2 Å². The quantitative estimate of drug-likeness (QED) is 0.742. The van der Waals surface area contributed by atoms with E-state index in [2.05, 4.69) is 32.9 Å². The molecule has 1 heterocycles. The fourth-order valence-corrected chi connectivity index (χ4v) is 3.08. The average molecular weight is 261 g/mol. The number of carbonyl (C=O) groups is 1. The Bertz CT molecular complexity index is 375. The molecule has 1 aliphatic heterocycles. The van der Waals surface area contributed by atoms with Crippen LogP contribution in [-0.4, -0.2) is 16.8 Å². The van der Waals surface area contributed by atoms with Crippen LogP contribution in [0.4, 0.5) is 0 Å². The lowest BCUT2D eigenvalue weighted by molar-refractivity contribution is -0.140. The van der Waals surface area contributed by atoms with E-state index in [0.717, 1.165) is 6.42 Å². The molecule has 0 spiro atoms. The number of amides is 1. The third-order valence-electron chi connectivity index (χ3n) is 4.82. The fraction of sp³-hybridized carbons (Fsp3) is 0.706. The summed E-state index contributed by atoms with van der Waals surface area (Å²) >= 11 is 0. The van der Waals surface area contributed by atoms with E-state index in [9.17, 15) is 4.79 Å². The van der Waals surface area contributed by atoms with Gasteiger partial charge in [0.05, 0.1) is 6.04 Å². The van der Waals surface area contributed by atoms with Crippen LogP contribution in [-0.2, 0) is 4.79 Å². The van der Waals surface area contributed by atoms with Gasteiger partial charge in [0.25, 0.3) is 0 Å². The molecule has 0 saturated heterocycles. The second-order valence-electron chi connectivity index (χ2n) is 6.56. The monoisotopic (exact) mass is 261 g/mol. The van der Waals surface area contributed by atoms with Crippen LogP contribution in [0.25, 0.3) is 0 Å². The zero-order valence-corrected chi connectivity index (χ0v) is 12.6. The summed E-state index contributed by atoms with van der Waals surface area (Å²) < 4.78 is 0. The van der Waals surface area contributed by atoms with E-state index in [4.69, 9.17) is 0 Å². The molecule has 1 unspecified atom stereocenters. The Morgan fingerprint density at radius 3 is 2.53 bits per heavy atom. The number of allylic oxidation sites excluding steroid dienone is 2. The largest absolute Gasteiger partial charge is 0.311 e. The first-order valence-corrected chi connectivity index (χ1v) is 7.74. The first kappa shape index (κ1) is 14.4. The Labute approximate surface area is 117 Å². The number of hydrogen-bond acceptors (Lipinski definition) is 1. The van der Waals surface area contributed by atoms with Gasteiger partial charge in [-0.2, -0.15) is 0 Å². The lowest BCUT2D eigenvalue weighted by Gasteiger charge is -2.40. The third-order valence-corrected chi connectivity index (χ3v) is 4.82. The molecule has 1 saturated carbocycles. The molecule has 2 heteroatoms. The van der Waals surface area contributed by atoms with Gasteiger partial charge in [-0.25, -0.2) is 0 Å². The summed E-state index contributed by atoms with van der Waals surface area (Å²) in [6, 6.07) is 0.281. The molecule has 19 heavy (non-hydrogen) atoms. The molecule has 1 fully saturated rings. The molecular weight excluding hydrogens is 234 g/mol. The topological polar surface area (TPSA) is 20.3 Å². The van der Waals surface area contributed by atoms with E-state index >= 15 is 0 Å². The maximum Gasteiger partial charge on any atom is 0.232 e. The van der Waals surface area contributed by atoms with E-state index in [1.54, 1.807) is 0 Å². The minimum absolute atomic E-state index is 0.261. The fourth-order valence-electron chi connectivity index (χ4n) is 3.08. The second kappa shape index (κ2) is 5.94. The van der Waals surface area contributed by atoms with Gasteiger partial charge in [-0.3, -0.25) is 4.79 Å². The molecule has 1 atom stereocenters. The Hall–Kier alpha value is -1.05. The van der Waals surface area contributed by atoms with Crippen molar-refractivity contribution in [2.45, 2.75) is 65.3 Å². The van der Waals surface area contributed by atoms with Crippen molar-refractivity contribution in [2.75, 3.05) is 0 Å². The van der Waals surface area contributed by atoms with Gasteiger partial charge in [0.1, 0.15) is 0 Å². The standard InChI is InChI=1S/C17H27NO/c1-4-17(2,3)16(19)18-13-9-8-12-15(18)14-10-6-5-7-11-14/h8-9,12-15H,4-7,10-11H2,1-3H3. The van der Waals surface area contributed by atoms with Gasteiger partial charge in [-0.05, 0) is 31.3 Å². The van der Waals surface area contributed by atoms with E-state index in [1.807, 2.05) is 17.2 Å². The normalized spacial score (nSPS) is 24.8. The second-order valence-corrected chi connectivity index (χ2v) is 6.56. The summed E-state index contributed by atoms with van der Waals surface area (Å²) in [6.07, 6.45) is 15.7.